The van der Waals surface area contributed by atoms with Crippen molar-refractivity contribution in [3.63, 3.8) is 0 Å². The van der Waals surface area contributed by atoms with Gasteiger partial charge in [-0.1, -0.05) is 0 Å². The molecular weight excluding hydrogens is 471 g/mol. The molecule has 157 valence electrons. The first kappa shape index (κ1) is 21.7. The van der Waals surface area contributed by atoms with E-state index in [0.717, 1.165) is 11.1 Å². The summed E-state index contributed by atoms with van der Waals surface area (Å²) in [6.07, 6.45) is 2.01. The minimum atomic E-state index is -2.61. The van der Waals surface area contributed by atoms with Crippen LogP contribution in [0.5, 0.6) is 0 Å². The van der Waals surface area contributed by atoms with Gasteiger partial charge in [0, 0.05) is 0 Å². The summed E-state index contributed by atoms with van der Waals surface area (Å²) < 4.78 is 6.23. The first-order chi connectivity index (χ1) is 15.7. The molecular formula is C28H21Cl2OTi. The zero-order valence-corrected chi connectivity index (χ0v) is 20.4. The van der Waals surface area contributed by atoms with Gasteiger partial charge >= 0.3 is 204 Å². The SMILES string of the molecule is [Cl][Ti]([Cl])[O]C(c1ccccc1)c1ccccc1C1C(c2ccccc2)=Cc2ccccc21. The Morgan fingerprint density at radius 1 is 0.656 bits per heavy atom. The van der Waals surface area contributed by atoms with Gasteiger partial charge in [0.25, 0.3) is 0 Å². The number of benzene rings is 4. The van der Waals surface area contributed by atoms with Gasteiger partial charge in [-0.3, -0.25) is 0 Å². The third kappa shape index (κ3) is 4.37. The van der Waals surface area contributed by atoms with E-state index in [1.807, 2.05) is 18.2 Å². The fourth-order valence-electron chi connectivity index (χ4n) is 4.58. The molecule has 32 heavy (non-hydrogen) atoms. The van der Waals surface area contributed by atoms with Crippen molar-refractivity contribution in [2.24, 2.45) is 0 Å². The summed E-state index contributed by atoms with van der Waals surface area (Å²) in [5.41, 5.74) is 8.46. The molecule has 2 unspecified atom stereocenters. The summed E-state index contributed by atoms with van der Waals surface area (Å²) in [6, 6.07) is 38.0. The number of allylic oxidation sites excluding steroid dienone is 1. The van der Waals surface area contributed by atoms with Crippen molar-refractivity contribution in [2.45, 2.75) is 12.0 Å². The van der Waals surface area contributed by atoms with E-state index in [0.29, 0.717) is 0 Å². The van der Waals surface area contributed by atoms with Crippen molar-refractivity contribution < 1.29 is 19.5 Å². The van der Waals surface area contributed by atoms with E-state index < -0.39 is 16.1 Å². The van der Waals surface area contributed by atoms with Gasteiger partial charge in [0.1, 0.15) is 0 Å². The Hall–Kier alpha value is -2.13. The number of halogens is 2. The summed E-state index contributed by atoms with van der Waals surface area (Å²) in [5, 5.41) is 0. The molecule has 0 heterocycles. The molecule has 0 fully saturated rings. The molecule has 0 amide bonds. The van der Waals surface area contributed by atoms with E-state index in [9.17, 15) is 0 Å². The van der Waals surface area contributed by atoms with Crippen LogP contribution in [0, 0.1) is 0 Å². The van der Waals surface area contributed by atoms with E-state index in [1.165, 1.54) is 27.8 Å². The second-order valence-electron chi connectivity index (χ2n) is 7.79. The zero-order valence-electron chi connectivity index (χ0n) is 17.3. The summed E-state index contributed by atoms with van der Waals surface area (Å²) in [6.45, 7) is 0. The zero-order chi connectivity index (χ0) is 21.9. The molecule has 4 heteroatoms. The molecule has 0 saturated carbocycles. The molecule has 4 aromatic carbocycles. The van der Waals surface area contributed by atoms with E-state index in [1.54, 1.807) is 0 Å². The van der Waals surface area contributed by atoms with Gasteiger partial charge in [0.2, 0.25) is 0 Å². The van der Waals surface area contributed by atoms with E-state index in [4.69, 9.17) is 21.9 Å². The van der Waals surface area contributed by atoms with Crippen molar-refractivity contribution in [3.05, 3.63) is 143 Å². The summed E-state index contributed by atoms with van der Waals surface area (Å²) in [5.74, 6) is 0.105. The Morgan fingerprint density at radius 3 is 1.97 bits per heavy atom. The Labute approximate surface area is 203 Å². The van der Waals surface area contributed by atoms with Crippen LogP contribution >= 0.6 is 18.6 Å². The fourth-order valence-corrected chi connectivity index (χ4v) is 6.00. The number of hydrogen-bond donors (Lipinski definition) is 0. The number of hydrogen-bond acceptors (Lipinski definition) is 1. The van der Waals surface area contributed by atoms with Crippen LogP contribution in [-0.4, -0.2) is 0 Å². The van der Waals surface area contributed by atoms with Crippen molar-refractivity contribution in [2.75, 3.05) is 0 Å². The van der Waals surface area contributed by atoms with E-state index in [2.05, 4.69) is 97.1 Å². The van der Waals surface area contributed by atoms with Crippen molar-refractivity contribution in [3.8, 4) is 0 Å². The molecule has 1 aliphatic rings. The van der Waals surface area contributed by atoms with Gasteiger partial charge in [-0.05, 0) is 0 Å². The summed E-state index contributed by atoms with van der Waals surface area (Å²) >= 11 is -2.61. The van der Waals surface area contributed by atoms with E-state index in [-0.39, 0.29) is 12.0 Å². The van der Waals surface area contributed by atoms with Crippen LogP contribution in [0.4, 0.5) is 0 Å². The molecule has 0 aliphatic heterocycles. The molecule has 0 spiro atoms. The first-order valence-electron chi connectivity index (χ1n) is 10.6. The molecule has 1 nitrogen and oxygen atoms in total. The molecule has 0 N–H and O–H groups in total. The van der Waals surface area contributed by atoms with Crippen LogP contribution in [0.1, 0.15) is 45.4 Å². The topological polar surface area (TPSA) is 9.23 Å². The molecule has 0 radical (unpaired) electrons. The maximum atomic E-state index is 6.29. The average Bonchev–Trinajstić information content (AvgIpc) is 3.23. The molecule has 2 atom stereocenters. The second-order valence-corrected chi connectivity index (χ2v) is 12.5. The normalized spacial score (nSPS) is 15.7. The van der Waals surface area contributed by atoms with Crippen LogP contribution in [0.25, 0.3) is 11.6 Å². The first-order valence-corrected chi connectivity index (χ1v) is 15.5. The van der Waals surface area contributed by atoms with E-state index >= 15 is 0 Å². The van der Waals surface area contributed by atoms with Crippen LogP contribution in [0.2, 0.25) is 0 Å². The van der Waals surface area contributed by atoms with Gasteiger partial charge < -0.3 is 0 Å². The average molecular weight is 492 g/mol. The molecule has 1 aliphatic carbocycles. The quantitative estimate of drug-likeness (QED) is 0.246. The third-order valence-corrected chi connectivity index (χ3v) is 7.32. The Kier molecular flexibility index (Phi) is 6.64. The van der Waals surface area contributed by atoms with Crippen molar-refractivity contribution in [1.29, 1.82) is 0 Å². The fraction of sp³-hybridized carbons (Fsp3) is 0.0714. The van der Waals surface area contributed by atoms with Crippen molar-refractivity contribution in [1.82, 2.24) is 0 Å². The van der Waals surface area contributed by atoms with Gasteiger partial charge in [0.05, 0.1) is 0 Å². The third-order valence-electron chi connectivity index (χ3n) is 5.93. The minimum absolute atomic E-state index is 0.105. The predicted molar refractivity (Wildman–Crippen MR) is 130 cm³/mol. The van der Waals surface area contributed by atoms with Gasteiger partial charge in [-0.2, -0.15) is 0 Å². The van der Waals surface area contributed by atoms with Crippen molar-refractivity contribution >= 4 is 30.3 Å². The molecule has 0 saturated heterocycles. The monoisotopic (exact) mass is 491 g/mol. The standard InChI is InChI=1S/C28H21O.2ClH.Ti/c29-28(21-13-5-2-6-14-21)25-18-10-9-17-24(25)27-23-16-8-7-15-22(23)19-26(27)20-11-3-1-4-12-20;;;/h1-19,27-28H;2*1H;/q-1;;;+3/p-2. The van der Waals surface area contributed by atoms with Gasteiger partial charge in [0.15, 0.2) is 0 Å². The molecule has 4 aromatic rings. The van der Waals surface area contributed by atoms with Crippen LogP contribution in [0.15, 0.2) is 109 Å². The van der Waals surface area contributed by atoms with Crippen LogP contribution in [-0.2, 0) is 19.5 Å². The van der Waals surface area contributed by atoms with Crippen LogP contribution in [0.3, 0.4) is 0 Å². The molecule has 5 rings (SSSR count). The maximum absolute atomic E-state index is 6.29. The Bertz CT molecular complexity index is 1240. The molecule has 0 bridgehead atoms. The molecule has 0 aromatic heterocycles. The van der Waals surface area contributed by atoms with Gasteiger partial charge in [-0.25, -0.2) is 0 Å². The second kappa shape index (κ2) is 9.79. The van der Waals surface area contributed by atoms with Crippen LogP contribution < -0.4 is 0 Å². The predicted octanol–water partition coefficient (Wildman–Crippen LogP) is 8.32. The Morgan fingerprint density at radius 2 is 1.25 bits per heavy atom. The number of fused-ring (bicyclic) bond motifs is 1. The summed E-state index contributed by atoms with van der Waals surface area (Å²) in [4.78, 5) is 0. The number of rotatable bonds is 6. The van der Waals surface area contributed by atoms with Gasteiger partial charge in [-0.15, -0.1) is 0 Å². The Balaban J connectivity index is 1.69. The summed E-state index contributed by atoms with van der Waals surface area (Å²) in [7, 11) is 12.6.